The molecule has 1 aliphatic heterocycles. The van der Waals surface area contributed by atoms with Gasteiger partial charge in [-0.3, -0.25) is 9.59 Å². The smallest absolute Gasteiger partial charge is 0.255 e. The van der Waals surface area contributed by atoms with Crippen molar-refractivity contribution in [3.63, 3.8) is 0 Å². The first-order valence-corrected chi connectivity index (χ1v) is 8.04. The molecular weight excluding hydrogens is 346 g/mol. The highest BCUT2D eigenvalue weighted by Crippen LogP contribution is 2.28. The summed E-state index contributed by atoms with van der Waals surface area (Å²) >= 11 is 0. The average Bonchev–Trinajstić information content (AvgIpc) is 2.59. The summed E-state index contributed by atoms with van der Waals surface area (Å²) in [6.07, 6.45) is 1.95. The highest BCUT2D eigenvalue weighted by atomic mass is 35.5. The summed E-state index contributed by atoms with van der Waals surface area (Å²) in [7, 11) is 1.69. The van der Waals surface area contributed by atoms with Crippen LogP contribution in [0.5, 0.6) is 5.75 Å². The number of methoxy groups -OCH3 is 1. The molecule has 0 atom stereocenters. The van der Waals surface area contributed by atoms with Crippen LogP contribution in [0.4, 0.5) is 0 Å². The van der Waals surface area contributed by atoms with E-state index in [2.05, 4.69) is 10.6 Å². The fourth-order valence-corrected chi connectivity index (χ4v) is 2.86. The zero-order chi connectivity index (χ0) is 17.4. The summed E-state index contributed by atoms with van der Waals surface area (Å²) in [4.78, 5) is 23.0. The summed E-state index contributed by atoms with van der Waals surface area (Å²) in [6, 6.07) is 6.62. The molecule has 2 amide bonds. The number of rotatable bonds is 8. The monoisotopic (exact) mass is 371 g/mol. The molecule has 1 heterocycles. The van der Waals surface area contributed by atoms with Gasteiger partial charge in [-0.1, -0.05) is 0 Å². The van der Waals surface area contributed by atoms with Gasteiger partial charge in [0.2, 0.25) is 0 Å². The molecule has 0 aliphatic carbocycles. The third-order valence-corrected chi connectivity index (χ3v) is 4.24. The van der Waals surface area contributed by atoms with Crippen molar-refractivity contribution in [3.05, 3.63) is 29.8 Å². The van der Waals surface area contributed by atoms with Crippen LogP contribution < -0.4 is 21.1 Å². The van der Waals surface area contributed by atoms with Gasteiger partial charge in [0.25, 0.3) is 11.8 Å². The zero-order valence-electron chi connectivity index (χ0n) is 14.4. The maximum atomic E-state index is 12.3. The number of nitrogens with two attached hydrogens (primary N) is 1. The van der Waals surface area contributed by atoms with Crippen LogP contribution in [0.25, 0.3) is 0 Å². The van der Waals surface area contributed by atoms with Gasteiger partial charge in [-0.05, 0) is 50.2 Å². The Hall–Kier alpha value is -1.83. The van der Waals surface area contributed by atoms with Gasteiger partial charge >= 0.3 is 0 Å². The van der Waals surface area contributed by atoms with Crippen molar-refractivity contribution < 1.29 is 19.1 Å². The largest absolute Gasteiger partial charge is 0.484 e. The molecular formula is C17H26ClN3O4. The average molecular weight is 372 g/mol. The van der Waals surface area contributed by atoms with Crippen LogP contribution in [0.3, 0.4) is 0 Å². The third kappa shape index (κ3) is 6.53. The highest BCUT2D eigenvalue weighted by molar-refractivity contribution is 5.94. The van der Waals surface area contributed by atoms with E-state index in [-0.39, 0.29) is 30.3 Å². The van der Waals surface area contributed by atoms with Crippen molar-refractivity contribution in [1.82, 2.24) is 10.6 Å². The number of halogens is 1. The molecule has 0 spiro atoms. The summed E-state index contributed by atoms with van der Waals surface area (Å²) in [5.74, 6) is -0.174. The molecule has 1 aromatic carbocycles. The van der Waals surface area contributed by atoms with Gasteiger partial charge in [0.1, 0.15) is 5.75 Å². The first kappa shape index (κ1) is 21.2. The SMILES string of the molecule is COCC1(CNC(=O)c2ccc(OCC(N)=O)cc2)CCNCC1.Cl. The van der Waals surface area contributed by atoms with Gasteiger partial charge in [-0.15, -0.1) is 12.4 Å². The number of hydrogen-bond acceptors (Lipinski definition) is 5. The predicted molar refractivity (Wildman–Crippen MR) is 97.1 cm³/mol. The third-order valence-electron chi connectivity index (χ3n) is 4.24. The van der Waals surface area contributed by atoms with Gasteiger partial charge in [-0.2, -0.15) is 0 Å². The Morgan fingerprint density at radius 1 is 1.24 bits per heavy atom. The maximum Gasteiger partial charge on any atom is 0.255 e. The van der Waals surface area contributed by atoms with Crippen molar-refractivity contribution in [3.8, 4) is 5.75 Å². The second-order valence-corrected chi connectivity index (χ2v) is 6.15. The van der Waals surface area contributed by atoms with Crippen LogP contribution in [0.1, 0.15) is 23.2 Å². The normalized spacial score (nSPS) is 15.7. The Morgan fingerprint density at radius 3 is 2.44 bits per heavy atom. The molecule has 1 saturated heterocycles. The number of nitrogens with one attached hydrogen (secondary N) is 2. The van der Waals surface area contributed by atoms with Crippen LogP contribution in [-0.2, 0) is 9.53 Å². The van der Waals surface area contributed by atoms with Crippen molar-refractivity contribution in [1.29, 1.82) is 0 Å². The molecule has 4 N–H and O–H groups in total. The number of piperidine rings is 1. The second-order valence-electron chi connectivity index (χ2n) is 6.15. The minimum absolute atomic E-state index is 0. The van der Waals surface area contributed by atoms with E-state index in [9.17, 15) is 9.59 Å². The molecule has 1 aliphatic rings. The van der Waals surface area contributed by atoms with Crippen LogP contribution in [0, 0.1) is 5.41 Å². The molecule has 8 heteroatoms. The van der Waals surface area contributed by atoms with Crippen LogP contribution in [0.2, 0.25) is 0 Å². The van der Waals surface area contributed by atoms with E-state index in [1.54, 1.807) is 31.4 Å². The van der Waals surface area contributed by atoms with E-state index in [0.29, 0.717) is 24.5 Å². The van der Waals surface area contributed by atoms with Gasteiger partial charge in [0.05, 0.1) is 6.61 Å². The van der Waals surface area contributed by atoms with E-state index in [1.165, 1.54) is 0 Å². The summed E-state index contributed by atoms with van der Waals surface area (Å²) in [6.45, 7) is 2.91. The van der Waals surface area contributed by atoms with Crippen molar-refractivity contribution in [2.45, 2.75) is 12.8 Å². The zero-order valence-corrected chi connectivity index (χ0v) is 15.2. The van der Waals surface area contributed by atoms with E-state index in [1.807, 2.05) is 0 Å². The fourth-order valence-electron chi connectivity index (χ4n) is 2.86. The standard InChI is InChI=1S/C17H25N3O4.ClH/c1-23-12-17(6-8-19-9-7-17)11-20-16(22)13-2-4-14(5-3-13)24-10-15(18)21;/h2-5,19H,6-12H2,1H3,(H2,18,21)(H,20,22);1H. The molecule has 0 bridgehead atoms. The van der Waals surface area contributed by atoms with Gasteiger partial charge < -0.3 is 25.8 Å². The lowest BCUT2D eigenvalue weighted by molar-refractivity contribution is -0.119. The van der Waals surface area contributed by atoms with Crippen molar-refractivity contribution in [2.75, 3.05) is 40.0 Å². The molecule has 0 radical (unpaired) electrons. The minimum atomic E-state index is -0.540. The number of hydrogen-bond donors (Lipinski definition) is 3. The van der Waals surface area contributed by atoms with Gasteiger partial charge in [-0.25, -0.2) is 0 Å². The lowest BCUT2D eigenvalue weighted by Gasteiger charge is -2.37. The predicted octanol–water partition coefficient (Wildman–Crippen LogP) is 0.719. The van der Waals surface area contributed by atoms with E-state index in [4.69, 9.17) is 15.2 Å². The lowest BCUT2D eigenvalue weighted by atomic mass is 9.79. The molecule has 0 saturated carbocycles. The number of carbonyl (C=O) groups excluding carboxylic acids is 2. The van der Waals surface area contributed by atoms with Crippen LogP contribution >= 0.6 is 12.4 Å². The van der Waals surface area contributed by atoms with Crippen molar-refractivity contribution in [2.24, 2.45) is 11.1 Å². The first-order chi connectivity index (χ1) is 11.5. The molecule has 0 unspecified atom stereocenters. The van der Waals surface area contributed by atoms with Gasteiger partial charge in [0, 0.05) is 24.6 Å². The Kier molecular flexibility index (Phi) is 8.68. The van der Waals surface area contributed by atoms with Gasteiger partial charge in [0.15, 0.2) is 6.61 Å². The second kappa shape index (κ2) is 10.2. The number of primary amides is 1. The molecule has 1 aromatic rings. The van der Waals surface area contributed by atoms with E-state index in [0.717, 1.165) is 25.9 Å². The first-order valence-electron chi connectivity index (χ1n) is 8.04. The topological polar surface area (TPSA) is 103 Å². The number of benzene rings is 1. The van der Waals surface area contributed by atoms with E-state index < -0.39 is 5.91 Å². The molecule has 1 fully saturated rings. The Labute approximate surface area is 154 Å². The molecule has 7 nitrogen and oxygen atoms in total. The maximum absolute atomic E-state index is 12.3. The van der Waals surface area contributed by atoms with Crippen LogP contribution in [0.15, 0.2) is 24.3 Å². The van der Waals surface area contributed by atoms with Crippen molar-refractivity contribution >= 4 is 24.2 Å². The Morgan fingerprint density at radius 2 is 1.88 bits per heavy atom. The summed E-state index contributed by atoms with van der Waals surface area (Å²) in [5.41, 5.74) is 5.55. The quantitative estimate of drug-likeness (QED) is 0.624. The van der Waals surface area contributed by atoms with Crippen LogP contribution in [-0.4, -0.2) is 51.8 Å². The summed E-state index contributed by atoms with van der Waals surface area (Å²) < 4.78 is 10.5. The molecule has 140 valence electrons. The number of ether oxygens (including phenoxy) is 2. The fraction of sp³-hybridized carbons (Fsp3) is 0.529. The Balaban J connectivity index is 0.00000312. The Bertz CT molecular complexity index is 554. The van der Waals surface area contributed by atoms with E-state index >= 15 is 0 Å². The highest BCUT2D eigenvalue weighted by Gasteiger charge is 2.32. The summed E-state index contributed by atoms with van der Waals surface area (Å²) in [5, 5.41) is 6.33. The number of amides is 2. The number of carbonyl (C=O) groups is 2. The molecule has 2 rings (SSSR count). The molecule has 0 aromatic heterocycles. The molecule has 25 heavy (non-hydrogen) atoms. The lowest BCUT2D eigenvalue weighted by Crippen LogP contribution is -2.47. The minimum Gasteiger partial charge on any atom is -0.484 e.